The van der Waals surface area contributed by atoms with Crippen molar-refractivity contribution in [1.82, 2.24) is 5.32 Å². The van der Waals surface area contributed by atoms with Crippen molar-refractivity contribution in [2.75, 3.05) is 6.61 Å². The molecule has 2 rings (SSSR count). The van der Waals surface area contributed by atoms with Gasteiger partial charge in [-0.25, -0.2) is 0 Å². The molecule has 2 saturated carbocycles. The molecule has 2 aliphatic rings. The summed E-state index contributed by atoms with van der Waals surface area (Å²) in [6.07, 6.45) is 6.26. The number of hydrogen-bond acceptors (Lipinski definition) is 3. The van der Waals surface area contributed by atoms with Crippen LogP contribution in [-0.4, -0.2) is 35.5 Å². The van der Waals surface area contributed by atoms with Crippen molar-refractivity contribution in [2.24, 2.45) is 5.41 Å². The van der Waals surface area contributed by atoms with E-state index >= 15 is 0 Å². The molecule has 0 radical (unpaired) electrons. The van der Waals surface area contributed by atoms with E-state index in [2.05, 4.69) is 33.0 Å². The van der Waals surface area contributed by atoms with E-state index in [9.17, 15) is 5.11 Å². The largest absolute Gasteiger partial charge is 0.396 e. The lowest BCUT2D eigenvalue weighted by molar-refractivity contribution is -0.105. The van der Waals surface area contributed by atoms with Crippen LogP contribution in [0.25, 0.3) is 0 Å². The van der Waals surface area contributed by atoms with Crippen molar-refractivity contribution < 1.29 is 9.84 Å². The van der Waals surface area contributed by atoms with Gasteiger partial charge in [-0.1, -0.05) is 13.3 Å². The Kier molecular flexibility index (Phi) is 4.05. The molecule has 106 valence electrons. The molecule has 3 heteroatoms. The predicted octanol–water partition coefficient (Wildman–Crippen LogP) is 2.47. The molecule has 2 unspecified atom stereocenters. The van der Waals surface area contributed by atoms with Crippen LogP contribution in [0.4, 0.5) is 0 Å². The summed E-state index contributed by atoms with van der Waals surface area (Å²) in [7, 11) is 0. The van der Waals surface area contributed by atoms with Crippen LogP contribution in [-0.2, 0) is 4.74 Å². The Hall–Kier alpha value is -0.120. The third kappa shape index (κ3) is 3.25. The lowest BCUT2D eigenvalue weighted by Gasteiger charge is -2.43. The van der Waals surface area contributed by atoms with Crippen molar-refractivity contribution >= 4 is 0 Å². The molecular weight excluding hydrogens is 226 g/mol. The van der Waals surface area contributed by atoms with Crippen molar-refractivity contribution in [3.8, 4) is 0 Å². The van der Waals surface area contributed by atoms with Gasteiger partial charge in [0.25, 0.3) is 0 Å². The molecule has 0 aliphatic heterocycles. The number of nitrogens with one attached hydrogen (secondary N) is 1. The minimum Gasteiger partial charge on any atom is -0.396 e. The summed E-state index contributed by atoms with van der Waals surface area (Å²) in [4.78, 5) is 0. The average Bonchev–Trinajstić information content (AvgIpc) is 2.56. The highest BCUT2D eigenvalue weighted by molar-refractivity contribution is 4.98. The van der Waals surface area contributed by atoms with Crippen LogP contribution >= 0.6 is 0 Å². The maximum absolute atomic E-state index is 9.54. The van der Waals surface area contributed by atoms with Crippen LogP contribution in [0.5, 0.6) is 0 Å². The third-order valence-electron chi connectivity index (χ3n) is 4.50. The lowest BCUT2D eigenvalue weighted by atomic mass is 9.82. The van der Waals surface area contributed by atoms with Gasteiger partial charge in [-0.2, -0.15) is 0 Å². The Morgan fingerprint density at radius 1 is 1.33 bits per heavy atom. The maximum atomic E-state index is 9.54. The average molecular weight is 255 g/mol. The van der Waals surface area contributed by atoms with E-state index in [1.54, 1.807) is 0 Å². The summed E-state index contributed by atoms with van der Waals surface area (Å²) >= 11 is 0. The van der Waals surface area contributed by atoms with Crippen LogP contribution in [0.1, 0.15) is 59.8 Å². The molecule has 2 N–H and O–H groups in total. The predicted molar refractivity (Wildman–Crippen MR) is 73.6 cm³/mol. The Bertz CT molecular complexity index is 281. The van der Waals surface area contributed by atoms with Crippen LogP contribution in [0.2, 0.25) is 0 Å². The highest BCUT2D eigenvalue weighted by Gasteiger charge is 2.42. The van der Waals surface area contributed by atoms with E-state index in [0.29, 0.717) is 24.8 Å². The highest BCUT2D eigenvalue weighted by Crippen LogP contribution is 2.39. The van der Waals surface area contributed by atoms with E-state index in [1.165, 1.54) is 12.8 Å². The van der Waals surface area contributed by atoms with Crippen molar-refractivity contribution in [1.29, 1.82) is 0 Å². The molecule has 2 fully saturated rings. The normalized spacial score (nSPS) is 40.8. The Morgan fingerprint density at radius 2 is 2.00 bits per heavy atom. The first kappa shape index (κ1) is 14.3. The molecule has 0 aromatic carbocycles. The van der Waals surface area contributed by atoms with Gasteiger partial charge in [0.1, 0.15) is 0 Å². The zero-order chi connectivity index (χ0) is 13.4. The quantitative estimate of drug-likeness (QED) is 0.811. The molecular formula is C15H29NO2. The molecule has 3 nitrogen and oxygen atoms in total. The van der Waals surface area contributed by atoms with E-state index in [0.717, 1.165) is 19.3 Å². The number of aliphatic hydroxyl groups is 1. The topological polar surface area (TPSA) is 41.5 Å². The fraction of sp³-hybridized carbons (Fsp3) is 1.00. The molecule has 0 aromatic heterocycles. The zero-order valence-corrected chi connectivity index (χ0v) is 12.3. The molecule has 0 heterocycles. The number of aliphatic hydroxyl groups excluding tert-OH is 1. The van der Waals surface area contributed by atoms with Gasteiger partial charge in [0.2, 0.25) is 0 Å². The second-order valence-electron chi connectivity index (χ2n) is 7.44. The zero-order valence-electron chi connectivity index (χ0n) is 12.3. The first-order valence-corrected chi connectivity index (χ1v) is 7.37. The monoisotopic (exact) mass is 255 g/mol. The van der Waals surface area contributed by atoms with Crippen LogP contribution in [0.15, 0.2) is 0 Å². The third-order valence-corrected chi connectivity index (χ3v) is 4.50. The van der Waals surface area contributed by atoms with E-state index in [-0.39, 0.29) is 11.0 Å². The Balaban J connectivity index is 1.74. The van der Waals surface area contributed by atoms with Crippen molar-refractivity contribution in [3.63, 3.8) is 0 Å². The Morgan fingerprint density at radius 3 is 2.56 bits per heavy atom. The molecule has 0 amide bonds. The molecule has 18 heavy (non-hydrogen) atoms. The molecule has 0 spiro atoms. The summed E-state index contributed by atoms with van der Waals surface area (Å²) in [5.74, 6) is 0. The molecule has 0 bridgehead atoms. The number of ether oxygens (including phenoxy) is 1. The smallest absolute Gasteiger partial charge is 0.0612 e. The van der Waals surface area contributed by atoms with Gasteiger partial charge in [0, 0.05) is 24.1 Å². The van der Waals surface area contributed by atoms with Gasteiger partial charge in [0.15, 0.2) is 0 Å². The van der Waals surface area contributed by atoms with Gasteiger partial charge in [-0.05, 0) is 46.5 Å². The maximum Gasteiger partial charge on any atom is 0.0612 e. The molecule has 0 saturated heterocycles. The minimum absolute atomic E-state index is 0.0252. The summed E-state index contributed by atoms with van der Waals surface area (Å²) < 4.78 is 5.96. The van der Waals surface area contributed by atoms with Gasteiger partial charge >= 0.3 is 0 Å². The van der Waals surface area contributed by atoms with E-state index in [1.807, 2.05) is 0 Å². The number of rotatable bonds is 4. The molecule has 2 atom stereocenters. The summed E-state index contributed by atoms with van der Waals surface area (Å²) in [6.45, 7) is 8.87. The fourth-order valence-corrected chi connectivity index (χ4v) is 3.29. The van der Waals surface area contributed by atoms with Crippen LogP contribution in [0.3, 0.4) is 0 Å². The highest BCUT2D eigenvalue weighted by atomic mass is 16.5. The lowest BCUT2D eigenvalue weighted by Crippen LogP contribution is -2.54. The van der Waals surface area contributed by atoms with Crippen LogP contribution < -0.4 is 5.32 Å². The van der Waals surface area contributed by atoms with Gasteiger partial charge in [-0.3, -0.25) is 0 Å². The van der Waals surface area contributed by atoms with Gasteiger partial charge in [0.05, 0.1) is 11.7 Å². The SMILES string of the molecule is CC(C)(C)OC1CC(NC2CCCC2(C)CO)C1. The first-order valence-electron chi connectivity index (χ1n) is 7.37. The summed E-state index contributed by atoms with van der Waals surface area (Å²) in [5, 5.41) is 13.3. The van der Waals surface area contributed by atoms with Crippen molar-refractivity contribution in [3.05, 3.63) is 0 Å². The first-order chi connectivity index (χ1) is 8.32. The van der Waals surface area contributed by atoms with E-state index < -0.39 is 0 Å². The second-order valence-corrected chi connectivity index (χ2v) is 7.44. The van der Waals surface area contributed by atoms with Gasteiger partial charge in [-0.15, -0.1) is 0 Å². The molecule has 2 aliphatic carbocycles. The standard InChI is InChI=1S/C15H29NO2/c1-14(2,3)18-12-8-11(9-12)16-13-6-5-7-15(13,4)10-17/h11-13,16-17H,5-10H2,1-4H3. The summed E-state index contributed by atoms with van der Waals surface area (Å²) in [6, 6.07) is 1.08. The summed E-state index contributed by atoms with van der Waals surface area (Å²) in [5.41, 5.74) is 0.0680. The Labute approximate surface area is 111 Å². The second kappa shape index (κ2) is 5.10. The number of hydrogen-bond donors (Lipinski definition) is 2. The van der Waals surface area contributed by atoms with Gasteiger partial charge < -0.3 is 15.2 Å². The molecule has 0 aromatic rings. The minimum atomic E-state index is -0.0252. The van der Waals surface area contributed by atoms with Crippen LogP contribution in [0, 0.1) is 5.41 Å². The fourth-order valence-electron chi connectivity index (χ4n) is 3.29. The van der Waals surface area contributed by atoms with Crippen molar-refractivity contribution in [2.45, 2.75) is 83.6 Å². The van der Waals surface area contributed by atoms with E-state index in [4.69, 9.17) is 4.74 Å².